The molecule has 0 unspecified atom stereocenters. The molecule has 0 heterocycles. The molecule has 4 nitrogen and oxygen atoms in total. The van der Waals surface area contributed by atoms with Gasteiger partial charge in [0, 0.05) is 35.3 Å². The van der Waals surface area contributed by atoms with E-state index in [1.807, 2.05) is 36.4 Å². The molecule has 0 fully saturated rings. The second-order valence-corrected chi connectivity index (χ2v) is 7.87. The van der Waals surface area contributed by atoms with Crippen LogP contribution in [-0.4, -0.2) is 24.9 Å². The van der Waals surface area contributed by atoms with E-state index in [-0.39, 0.29) is 11.8 Å². The molecule has 0 spiro atoms. The van der Waals surface area contributed by atoms with Gasteiger partial charge in [0.1, 0.15) is 0 Å². The minimum absolute atomic E-state index is 0.118. The third-order valence-electron chi connectivity index (χ3n) is 4.59. The minimum Gasteiger partial charge on any atom is -0.353 e. The summed E-state index contributed by atoms with van der Waals surface area (Å²) in [6.45, 7) is 1.30. The van der Waals surface area contributed by atoms with E-state index in [9.17, 15) is 9.59 Å². The van der Waals surface area contributed by atoms with Crippen LogP contribution in [0.25, 0.3) is 12.2 Å². The van der Waals surface area contributed by atoms with Gasteiger partial charge in [-0.3, -0.25) is 9.59 Å². The summed E-state index contributed by atoms with van der Waals surface area (Å²) >= 11 is 12.1. The van der Waals surface area contributed by atoms with Crippen molar-refractivity contribution in [3.8, 4) is 0 Å². The van der Waals surface area contributed by atoms with Crippen molar-refractivity contribution in [3.63, 3.8) is 0 Å². The van der Waals surface area contributed by atoms with Gasteiger partial charge in [-0.05, 0) is 48.3 Å². The molecular weight excluding hydrogens is 431 g/mol. The van der Waals surface area contributed by atoms with E-state index in [0.717, 1.165) is 43.2 Å². The maximum absolute atomic E-state index is 11.8. The standard InChI is InChI=1S/C25H28Cl2N2O2/c26-22-12-6-4-10-20(22)14-16-24(30)28-18-8-2-1-3-9-19-29-25(31)17-15-21-11-5-7-13-23(21)27/h4-7,10-17H,1-3,8-9,18-19H2,(H,28,30)(H,29,31). The highest BCUT2D eigenvalue weighted by atomic mass is 35.5. The highest BCUT2D eigenvalue weighted by molar-refractivity contribution is 6.32. The van der Waals surface area contributed by atoms with E-state index in [1.165, 1.54) is 12.2 Å². The number of carbonyl (C=O) groups is 2. The highest BCUT2D eigenvalue weighted by Crippen LogP contribution is 2.16. The molecule has 2 N–H and O–H groups in total. The van der Waals surface area contributed by atoms with Crippen LogP contribution in [0.2, 0.25) is 10.0 Å². The molecule has 0 saturated carbocycles. The summed E-state index contributed by atoms with van der Waals surface area (Å²) in [4.78, 5) is 23.7. The number of rotatable bonds is 12. The number of halogens is 2. The second-order valence-electron chi connectivity index (χ2n) is 7.06. The Bertz CT molecular complexity index is 836. The lowest BCUT2D eigenvalue weighted by atomic mass is 10.1. The summed E-state index contributed by atoms with van der Waals surface area (Å²) in [5.74, 6) is -0.236. The van der Waals surface area contributed by atoms with Crippen molar-refractivity contribution in [2.45, 2.75) is 32.1 Å². The molecule has 2 aromatic carbocycles. The lowest BCUT2D eigenvalue weighted by molar-refractivity contribution is -0.117. The SMILES string of the molecule is O=C(C=Cc1ccccc1Cl)NCCCCCCCNC(=O)C=Cc1ccccc1Cl. The normalized spacial score (nSPS) is 11.2. The fourth-order valence-electron chi connectivity index (χ4n) is 2.87. The number of nitrogens with one attached hydrogen (secondary N) is 2. The zero-order valence-corrected chi connectivity index (χ0v) is 19.0. The molecule has 2 aromatic rings. The Morgan fingerprint density at radius 1 is 0.645 bits per heavy atom. The quantitative estimate of drug-likeness (QED) is 0.307. The number of benzene rings is 2. The molecule has 6 heteroatoms. The van der Waals surface area contributed by atoms with Gasteiger partial charge in [-0.25, -0.2) is 0 Å². The monoisotopic (exact) mass is 458 g/mol. The van der Waals surface area contributed by atoms with E-state index in [2.05, 4.69) is 10.6 Å². The van der Waals surface area contributed by atoms with Gasteiger partial charge in [-0.2, -0.15) is 0 Å². The first-order valence-corrected chi connectivity index (χ1v) is 11.2. The Hall–Kier alpha value is -2.56. The largest absolute Gasteiger partial charge is 0.353 e. The molecule has 0 aliphatic carbocycles. The zero-order chi connectivity index (χ0) is 22.3. The average Bonchev–Trinajstić information content (AvgIpc) is 2.77. The maximum Gasteiger partial charge on any atom is 0.243 e. The predicted molar refractivity (Wildman–Crippen MR) is 130 cm³/mol. The van der Waals surface area contributed by atoms with Crippen LogP contribution in [0.5, 0.6) is 0 Å². The zero-order valence-electron chi connectivity index (χ0n) is 17.5. The van der Waals surface area contributed by atoms with Gasteiger partial charge in [0.15, 0.2) is 0 Å². The van der Waals surface area contributed by atoms with Crippen molar-refractivity contribution in [1.82, 2.24) is 10.6 Å². The number of carbonyl (C=O) groups excluding carboxylic acids is 2. The van der Waals surface area contributed by atoms with Gasteiger partial charge < -0.3 is 10.6 Å². The van der Waals surface area contributed by atoms with Crippen molar-refractivity contribution in [3.05, 3.63) is 81.9 Å². The highest BCUT2D eigenvalue weighted by Gasteiger charge is 1.99. The lowest BCUT2D eigenvalue weighted by Crippen LogP contribution is -2.22. The van der Waals surface area contributed by atoms with Crippen LogP contribution < -0.4 is 10.6 Å². The fraction of sp³-hybridized carbons (Fsp3) is 0.280. The molecule has 2 amide bonds. The molecule has 0 bridgehead atoms. The first-order chi connectivity index (χ1) is 15.1. The van der Waals surface area contributed by atoms with Crippen molar-refractivity contribution in [1.29, 1.82) is 0 Å². The molecule has 31 heavy (non-hydrogen) atoms. The Labute approximate surface area is 194 Å². The van der Waals surface area contributed by atoms with Crippen molar-refractivity contribution in [2.24, 2.45) is 0 Å². The van der Waals surface area contributed by atoms with E-state index < -0.39 is 0 Å². The number of hydrogen-bond acceptors (Lipinski definition) is 2. The molecule has 0 atom stereocenters. The van der Waals surface area contributed by atoms with Gasteiger partial charge in [-0.1, -0.05) is 78.9 Å². The molecule has 2 rings (SSSR count). The van der Waals surface area contributed by atoms with Crippen LogP contribution in [0.15, 0.2) is 60.7 Å². The lowest BCUT2D eigenvalue weighted by Gasteiger charge is -2.04. The van der Waals surface area contributed by atoms with Gasteiger partial charge in [0.25, 0.3) is 0 Å². The van der Waals surface area contributed by atoms with Crippen LogP contribution in [-0.2, 0) is 9.59 Å². The Morgan fingerprint density at radius 2 is 1.03 bits per heavy atom. The van der Waals surface area contributed by atoms with Gasteiger partial charge >= 0.3 is 0 Å². The Balaban J connectivity index is 1.47. The summed E-state index contributed by atoms with van der Waals surface area (Å²) < 4.78 is 0. The van der Waals surface area contributed by atoms with Crippen LogP contribution in [0.1, 0.15) is 43.2 Å². The molecule has 164 valence electrons. The smallest absolute Gasteiger partial charge is 0.243 e. The molecule has 0 aliphatic rings. The van der Waals surface area contributed by atoms with Crippen molar-refractivity contribution >= 4 is 47.2 Å². The van der Waals surface area contributed by atoms with Crippen LogP contribution in [0.3, 0.4) is 0 Å². The topological polar surface area (TPSA) is 58.2 Å². The molecule has 0 aliphatic heterocycles. The van der Waals surface area contributed by atoms with E-state index in [4.69, 9.17) is 23.2 Å². The van der Waals surface area contributed by atoms with Gasteiger partial charge in [0.05, 0.1) is 0 Å². The van der Waals surface area contributed by atoms with E-state index in [1.54, 1.807) is 24.3 Å². The summed E-state index contributed by atoms with van der Waals surface area (Å²) in [7, 11) is 0. The molecule has 0 aromatic heterocycles. The van der Waals surface area contributed by atoms with Crippen molar-refractivity contribution in [2.75, 3.05) is 13.1 Å². The number of unbranched alkanes of at least 4 members (excludes halogenated alkanes) is 4. The first kappa shape index (κ1) is 24.7. The molecular formula is C25H28Cl2N2O2. The van der Waals surface area contributed by atoms with Crippen LogP contribution in [0.4, 0.5) is 0 Å². The summed E-state index contributed by atoms with van der Waals surface area (Å²) in [5.41, 5.74) is 1.65. The van der Waals surface area contributed by atoms with Crippen LogP contribution >= 0.6 is 23.2 Å². The molecule has 0 radical (unpaired) electrons. The average molecular weight is 459 g/mol. The van der Waals surface area contributed by atoms with Crippen LogP contribution in [0, 0.1) is 0 Å². The summed E-state index contributed by atoms with van der Waals surface area (Å²) in [5, 5.41) is 7.00. The van der Waals surface area contributed by atoms with Gasteiger partial charge in [0.2, 0.25) is 11.8 Å². The predicted octanol–water partition coefficient (Wildman–Crippen LogP) is 5.90. The van der Waals surface area contributed by atoms with Crippen molar-refractivity contribution < 1.29 is 9.59 Å². The Kier molecular flexibility index (Phi) is 11.5. The number of hydrogen-bond donors (Lipinski definition) is 2. The van der Waals surface area contributed by atoms with Gasteiger partial charge in [-0.15, -0.1) is 0 Å². The van der Waals surface area contributed by atoms with E-state index >= 15 is 0 Å². The maximum atomic E-state index is 11.8. The fourth-order valence-corrected chi connectivity index (χ4v) is 3.27. The first-order valence-electron chi connectivity index (χ1n) is 10.5. The second kappa shape index (κ2) is 14.4. The molecule has 0 saturated heterocycles. The van der Waals surface area contributed by atoms with E-state index in [0.29, 0.717) is 23.1 Å². The third-order valence-corrected chi connectivity index (χ3v) is 5.28. The minimum atomic E-state index is -0.118. The summed E-state index contributed by atoms with van der Waals surface area (Å²) in [6.07, 6.45) is 11.4. The Morgan fingerprint density at radius 3 is 1.45 bits per heavy atom. The number of amides is 2. The third kappa shape index (κ3) is 10.3. The summed E-state index contributed by atoms with van der Waals surface area (Å²) in [6, 6.07) is 14.8.